The lowest BCUT2D eigenvalue weighted by Crippen LogP contribution is -2.36. The fourth-order valence-corrected chi connectivity index (χ4v) is 4.11. The van der Waals surface area contributed by atoms with Gasteiger partial charge < -0.3 is 9.88 Å². The Balaban J connectivity index is 1.80. The number of nitrogens with zero attached hydrogens (tertiary/aromatic N) is 4. The van der Waals surface area contributed by atoms with Crippen LogP contribution < -0.4 is 5.32 Å². The standard InChI is InChI=1S/C21H20FN5/c1-12-17(26-11-10-14-15(22)6-5-7-18(14)26)9-8-16-19(12)27-13(2)24-25-20(27)21(3,4)23-16/h5-11,23H,1-4H3. The summed E-state index contributed by atoms with van der Waals surface area (Å²) in [4.78, 5) is 0. The van der Waals surface area contributed by atoms with Crippen LogP contribution in [0.3, 0.4) is 0 Å². The molecule has 3 heterocycles. The zero-order chi connectivity index (χ0) is 18.9. The Morgan fingerprint density at radius 2 is 1.85 bits per heavy atom. The summed E-state index contributed by atoms with van der Waals surface area (Å²) in [5.41, 5.74) is 4.71. The molecule has 2 aromatic heterocycles. The van der Waals surface area contributed by atoms with E-state index in [1.165, 1.54) is 6.07 Å². The van der Waals surface area contributed by atoms with Gasteiger partial charge in [-0.1, -0.05) is 6.07 Å². The minimum atomic E-state index is -0.314. The smallest absolute Gasteiger partial charge is 0.162 e. The molecule has 0 aliphatic carbocycles. The maximum atomic E-state index is 14.1. The first kappa shape index (κ1) is 16.1. The average molecular weight is 361 g/mol. The minimum absolute atomic E-state index is 0.206. The Kier molecular flexibility index (Phi) is 3.09. The number of fused-ring (bicyclic) bond motifs is 4. The number of aryl methyl sites for hydroxylation is 1. The second-order valence-electron chi connectivity index (χ2n) is 7.62. The van der Waals surface area contributed by atoms with Crippen LogP contribution in [0.25, 0.3) is 22.3 Å². The van der Waals surface area contributed by atoms with Crippen molar-refractivity contribution in [3.8, 4) is 11.4 Å². The zero-order valence-electron chi connectivity index (χ0n) is 15.7. The van der Waals surface area contributed by atoms with Crippen molar-refractivity contribution in [2.45, 2.75) is 33.2 Å². The fourth-order valence-electron chi connectivity index (χ4n) is 4.11. The summed E-state index contributed by atoms with van der Waals surface area (Å²) in [7, 11) is 0. The molecule has 5 rings (SSSR count). The van der Waals surface area contributed by atoms with E-state index >= 15 is 0 Å². The first-order valence-electron chi connectivity index (χ1n) is 8.99. The molecule has 2 aromatic carbocycles. The van der Waals surface area contributed by atoms with Crippen LogP contribution >= 0.6 is 0 Å². The van der Waals surface area contributed by atoms with Crippen LogP contribution in [0.4, 0.5) is 10.1 Å². The van der Waals surface area contributed by atoms with E-state index in [9.17, 15) is 4.39 Å². The summed E-state index contributed by atoms with van der Waals surface area (Å²) in [6.45, 7) is 8.25. The van der Waals surface area contributed by atoms with E-state index in [0.717, 1.165) is 39.8 Å². The Bertz CT molecular complexity index is 1220. The lowest BCUT2D eigenvalue weighted by Gasteiger charge is -2.35. The topological polar surface area (TPSA) is 47.7 Å². The number of rotatable bonds is 1. The highest BCUT2D eigenvalue weighted by Crippen LogP contribution is 2.40. The molecular formula is C21H20FN5. The Hall–Kier alpha value is -3.15. The van der Waals surface area contributed by atoms with Gasteiger partial charge in [0.05, 0.1) is 28.1 Å². The van der Waals surface area contributed by atoms with E-state index in [4.69, 9.17) is 0 Å². The number of halogens is 1. The number of aromatic nitrogens is 4. The SMILES string of the molecule is Cc1c(-n2ccc3c(F)cccc32)ccc2c1-n1c(C)nnc1C(C)(C)N2. The third-order valence-corrected chi connectivity index (χ3v) is 5.40. The number of nitrogens with one attached hydrogen (secondary N) is 1. The molecule has 1 aliphatic rings. The van der Waals surface area contributed by atoms with Crippen LogP contribution in [-0.2, 0) is 5.54 Å². The average Bonchev–Trinajstić information content (AvgIpc) is 3.21. The molecule has 1 N–H and O–H groups in total. The van der Waals surface area contributed by atoms with Gasteiger partial charge in [0.25, 0.3) is 0 Å². The van der Waals surface area contributed by atoms with E-state index in [-0.39, 0.29) is 11.4 Å². The predicted octanol–water partition coefficient (Wildman–Crippen LogP) is 4.63. The Morgan fingerprint density at radius 1 is 1.04 bits per heavy atom. The van der Waals surface area contributed by atoms with Crippen LogP contribution in [0, 0.1) is 19.7 Å². The molecular weight excluding hydrogens is 341 g/mol. The molecule has 27 heavy (non-hydrogen) atoms. The van der Waals surface area contributed by atoms with Gasteiger partial charge in [-0.15, -0.1) is 10.2 Å². The maximum Gasteiger partial charge on any atom is 0.162 e. The van der Waals surface area contributed by atoms with Crippen LogP contribution in [-0.4, -0.2) is 19.3 Å². The molecule has 1 aliphatic heterocycles. The summed E-state index contributed by atoms with van der Waals surface area (Å²) in [5, 5.41) is 12.9. The van der Waals surface area contributed by atoms with Gasteiger partial charge in [-0.2, -0.15) is 0 Å². The molecule has 6 heteroatoms. The predicted molar refractivity (Wildman–Crippen MR) is 104 cm³/mol. The van der Waals surface area contributed by atoms with Gasteiger partial charge in [0.15, 0.2) is 5.82 Å². The number of anilines is 1. The maximum absolute atomic E-state index is 14.1. The van der Waals surface area contributed by atoms with Crippen molar-refractivity contribution in [3.63, 3.8) is 0 Å². The van der Waals surface area contributed by atoms with Gasteiger partial charge in [0.2, 0.25) is 0 Å². The monoisotopic (exact) mass is 361 g/mol. The van der Waals surface area contributed by atoms with Gasteiger partial charge in [-0.3, -0.25) is 4.57 Å². The lowest BCUT2D eigenvalue weighted by molar-refractivity contribution is 0.534. The molecule has 0 saturated heterocycles. The Labute approximate surface area is 156 Å². The van der Waals surface area contributed by atoms with Crippen LogP contribution in [0.15, 0.2) is 42.6 Å². The molecule has 0 radical (unpaired) electrons. The Morgan fingerprint density at radius 3 is 2.67 bits per heavy atom. The van der Waals surface area contributed by atoms with Crippen molar-refractivity contribution in [3.05, 3.63) is 65.6 Å². The molecule has 136 valence electrons. The molecule has 0 amide bonds. The lowest BCUT2D eigenvalue weighted by atomic mass is 9.98. The van der Waals surface area contributed by atoms with Crippen molar-refractivity contribution >= 4 is 16.6 Å². The zero-order valence-corrected chi connectivity index (χ0v) is 15.7. The number of hydrogen-bond donors (Lipinski definition) is 1. The minimum Gasteiger partial charge on any atom is -0.371 e. The molecule has 0 unspecified atom stereocenters. The highest BCUT2D eigenvalue weighted by Gasteiger charge is 2.35. The first-order valence-corrected chi connectivity index (χ1v) is 8.99. The summed E-state index contributed by atoms with van der Waals surface area (Å²) in [6.07, 6.45) is 1.92. The van der Waals surface area contributed by atoms with Crippen LogP contribution in [0.1, 0.15) is 31.1 Å². The van der Waals surface area contributed by atoms with E-state index in [0.29, 0.717) is 5.39 Å². The van der Waals surface area contributed by atoms with Gasteiger partial charge in [-0.25, -0.2) is 4.39 Å². The number of benzene rings is 2. The van der Waals surface area contributed by atoms with E-state index in [1.807, 2.05) is 29.8 Å². The molecule has 4 aromatic rings. The fraction of sp³-hybridized carbons (Fsp3) is 0.238. The summed E-state index contributed by atoms with van der Waals surface area (Å²) >= 11 is 0. The van der Waals surface area contributed by atoms with Crippen LogP contribution in [0.5, 0.6) is 0 Å². The summed E-state index contributed by atoms with van der Waals surface area (Å²) in [5.74, 6) is 1.53. The van der Waals surface area contributed by atoms with Crippen molar-refractivity contribution in [1.29, 1.82) is 0 Å². The second kappa shape index (κ2) is 5.19. The molecule has 5 nitrogen and oxygen atoms in total. The molecule has 0 atom stereocenters. The van der Waals surface area contributed by atoms with Crippen molar-refractivity contribution in [2.24, 2.45) is 0 Å². The highest BCUT2D eigenvalue weighted by atomic mass is 19.1. The van der Waals surface area contributed by atoms with Gasteiger partial charge >= 0.3 is 0 Å². The molecule has 0 spiro atoms. The molecule has 0 saturated carbocycles. The van der Waals surface area contributed by atoms with Crippen molar-refractivity contribution in [2.75, 3.05) is 5.32 Å². The van der Waals surface area contributed by atoms with Gasteiger partial charge in [-0.05, 0) is 63.6 Å². The quantitative estimate of drug-likeness (QED) is 0.538. The van der Waals surface area contributed by atoms with Crippen molar-refractivity contribution < 1.29 is 4.39 Å². The summed E-state index contributed by atoms with van der Waals surface area (Å²) < 4.78 is 18.3. The van der Waals surface area contributed by atoms with E-state index in [1.54, 1.807) is 6.07 Å². The first-order chi connectivity index (χ1) is 12.9. The normalized spacial score (nSPS) is 14.7. The summed E-state index contributed by atoms with van der Waals surface area (Å²) in [6, 6.07) is 11.1. The largest absolute Gasteiger partial charge is 0.371 e. The van der Waals surface area contributed by atoms with E-state index < -0.39 is 0 Å². The molecule has 0 bridgehead atoms. The van der Waals surface area contributed by atoms with Crippen LogP contribution in [0.2, 0.25) is 0 Å². The number of hydrogen-bond acceptors (Lipinski definition) is 3. The van der Waals surface area contributed by atoms with Gasteiger partial charge in [0, 0.05) is 11.6 Å². The van der Waals surface area contributed by atoms with E-state index in [2.05, 4.69) is 53.0 Å². The third kappa shape index (κ3) is 2.10. The highest BCUT2D eigenvalue weighted by molar-refractivity contribution is 5.84. The third-order valence-electron chi connectivity index (χ3n) is 5.40. The van der Waals surface area contributed by atoms with Gasteiger partial charge in [0.1, 0.15) is 11.6 Å². The second-order valence-corrected chi connectivity index (χ2v) is 7.62. The van der Waals surface area contributed by atoms with Crippen molar-refractivity contribution in [1.82, 2.24) is 19.3 Å². The molecule has 0 fully saturated rings.